The molecule has 0 aromatic carbocycles. The van der Waals surface area contributed by atoms with E-state index in [2.05, 4.69) is 39.0 Å². The summed E-state index contributed by atoms with van der Waals surface area (Å²) < 4.78 is 0. The Kier molecular flexibility index (Phi) is 4.55. The van der Waals surface area contributed by atoms with Crippen molar-refractivity contribution in [3.63, 3.8) is 0 Å². The SMILES string of the molecule is CCN(CC)C1CCN(c2cc(NN)nc(C)n2)C1. The van der Waals surface area contributed by atoms with Crippen molar-refractivity contribution in [2.45, 2.75) is 33.2 Å². The molecule has 2 rings (SSSR count). The highest BCUT2D eigenvalue weighted by Crippen LogP contribution is 2.23. The summed E-state index contributed by atoms with van der Waals surface area (Å²) in [5.41, 5.74) is 2.60. The maximum absolute atomic E-state index is 5.44. The van der Waals surface area contributed by atoms with Gasteiger partial charge in [-0.05, 0) is 26.4 Å². The lowest BCUT2D eigenvalue weighted by Gasteiger charge is -2.26. The second-order valence-corrected chi connectivity index (χ2v) is 4.91. The van der Waals surface area contributed by atoms with Crippen molar-refractivity contribution in [3.05, 3.63) is 11.9 Å². The van der Waals surface area contributed by atoms with Crippen LogP contribution in [0.2, 0.25) is 0 Å². The number of aromatic nitrogens is 2. The lowest BCUT2D eigenvalue weighted by atomic mass is 10.2. The average molecular weight is 264 g/mol. The first-order valence-electron chi connectivity index (χ1n) is 6.99. The fourth-order valence-corrected chi connectivity index (χ4v) is 2.78. The molecule has 1 atom stereocenters. The number of aryl methyl sites for hydroxylation is 1. The van der Waals surface area contributed by atoms with E-state index in [0.29, 0.717) is 11.9 Å². The minimum Gasteiger partial charge on any atom is -0.355 e. The summed E-state index contributed by atoms with van der Waals surface area (Å²) >= 11 is 0. The van der Waals surface area contributed by atoms with Gasteiger partial charge < -0.3 is 10.3 Å². The van der Waals surface area contributed by atoms with Crippen LogP contribution in [-0.2, 0) is 0 Å². The van der Waals surface area contributed by atoms with Crippen molar-refractivity contribution in [3.8, 4) is 0 Å². The normalized spacial score (nSPS) is 19.2. The summed E-state index contributed by atoms with van der Waals surface area (Å²) in [5, 5.41) is 0. The standard InChI is InChI=1S/C13H24N6/c1-4-18(5-2)11-6-7-19(9-11)13-8-12(17-14)15-10(3)16-13/h8,11H,4-7,9,14H2,1-3H3,(H,15,16,17). The van der Waals surface area contributed by atoms with Crippen LogP contribution in [0.5, 0.6) is 0 Å². The van der Waals surface area contributed by atoms with E-state index in [1.165, 1.54) is 6.42 Å². The van der Waals surface area contributed by atoms with Gasteiger partial charge in [-0.15, -0.1) is 0 Å². The smallest absolute Gasteiger partial charge is 0.145 e. The highest BCUT2D eigenvalue weighted by atomic mass is 15.3. The molecule has 1 fully saturated rings. The molecule has 1 aromatic heterocycles. The highest BCUT2D eigenvalue weighted by Gasteiger charge is 2.27. The third-order valence-electron chi connectivity index (χ3n) is 3.79. The molecule has 2 heterocycles. The highest BCUT2D eigenvalue weighted by molar-refractivity contribution is 5.49. The van der Waals surface area contributed by atoms with Crippen molar-refractivity contribution < 1.29 is 0 Å². The molecule has 1 unspecified atom stereocenters. The fraction of sp³-hybridized carbons (Fsp3) is 0.692. The lowest BCUT2D eigenvalue weighted by molar-refractivity contribution is 0.232. The number of hydrazine groups is 1. The molecule has 106 valence electrons. The molecule has 1 aliphatic rings. The van der Waals surface area contributed by atoms with E-state index in [4.69, 9.17) is 5.84 Å². The zero-order chi connectivity index (χ0) is 13.8. The summed E-state index contributed by atoms with van der Waals surface area (Å²) in [7, 11) is 0. The molecule has 0 saturated carbocycles. The van der Waals surface area contributed by atoms with Gasteiger partial charge in [-0.2, -0.15) is 0 Å². The number of nitrogens with two attached hydrogens (primary N) is 1. The van der Waals surface area contributed by atoms with Gasteiger partial charge >= 0.3 is 0 Å². The van der Waals surface area contributed by atoms with Gasteiger partial charge in [-0.1, -0.05) is 13.8 Å². The summed E-state index contributed by atoms with van der Waals surface area (Å²) in [5.74, 6) is 7.83. The molecule has 6 heteroatoms. The maximum Gasteiger partial charge on any atom is 0.145 e. The Balaban J connectivity index is 2.10. The number of anilines is 2. The molecule has 6 nitrogen and oxygen atoms in total. The Labute approximate surface area is 115 Å². The zero-order valence-corrected chi connectivity index (χ0v) is 12.1. The number of likely N-dealkylation sites (N-methyl/N-ethyl adjacent to an activating group) is 1. The molecule has 1 aliphatic heterocycles. The Morgan fingerprint density at radius 1 is 1.42 bits per heavy atom. The summed E-state index contributed by atoms with van der Waals surface area (Å²) in [6.07, 6.45) is 1.19. The molecule has 1 saturated heterocycles. The van der Waals surface area contributed by atoms with Gasteiger partial charge in [0.1, 0.15) is 17.5 Å². The minimum atomic E-state index is 0.625. The minimum absolute atomic E-state index is 0.625. The fourth-order valence-electron chi connectivity index (χ4n) is 2.78. The molecular formula is C13H24N6. The van der Waals surface area contributed by atoms with E-state index in [1.807, 2.05) is 13.0 Å². The van der Waals surface area contributed by atoms with E-state index < -0.39 is 0 Å². The molecule has 0 amide bonds. The number of nitrogens with zero attached hydrogens (tertiary/aromatic N) is 4. The van der Waals surface area contributed by atoms with Gasteiger partial charge in [0.05, 0.1) is 0 Å². The monoisotopic (exact) mass is 264 g/mol. The van der Waals surface area contributed by atoms with Crippen LogP contribution in [0.3, 0.4) is 0 Å². The van der Waals surface area contributed by atoms with Crippen LogP contribution in [-0.4, -0.2) is 47.1 Å². The number of hydrogen-bond donors (Lipinski definition) is 2. The van der Waals surface area contributed by atoms with Crippen LogP contribution in [0.4, 0.5) is 11.6 Å². The number of rotatable bonds is 5. The van der Waals surface area contributed by atoms with Crippen LogP contribution in [0, 0.1) is 6.92 Å². The molecule has 3 N–H and O–H groups in total. The first kappa shape index (κ1) is 14.0. The Morgan fingerprint density at radius 2 is 2.16 bits per heavy atom. The topological polar surface area (TPSA) is 70.3 Å². The number of nitrogen functional groups attached to an aromatic ring is 1. The second-order valence-electron chi connectivity index (χ2n) is 4.91. The number of hydrogen-bond acceptors (Lipinski definition) is 6. The Morgan fingerprint density at radius 3 is 2.79 bits per heavy atom. The first-order chi connectivity index (χ1) is 9.17. The molecule has 1 aromatic rings. The third kappa shape index (κ3) is 3.13. The van der Waals surface area contributed by atoms with Gasteiger partial charge in [0.25, 0.3) is 0 Å². The van der Waals surface area contributed by atoms with Crippen LogP contribution >= 0.6 is 0 Å². The Bertz CT molecular complexity index is 418. The van der Waals surface area contributed by atoms with E-state index in [-0.39, 0.29) is 0 Å². The third-order valence-corrected chi connectivity index (χ3v) is 3.79. The molecule has 0 radical (unpaired) electrons. The molecular weight excluding hydrogens is 240 g/mol. The molecule has 0 spiro atoms. The van der Waals surface area contributed by atoms with E-state index in [1.54, 1.807) is 0 Å². The predicted octanol–water partition coefficient (Wildman–Crippen LogP) is 0.991. The summed E-state index contributed by atoms with van der Waals surface area (Å²) in [6.45, 7) is 10.6. The van der Waals surface area contributed by atoms with E-state index in [0.717, 1.165) is 37.8 Å². The molecule has 0 bridgehead atoms. The van der Waals surface area contributed by atoms with Crippen molar-refractivity contribution in [2.75, 3.05) is 36.5 Å². The maximum atomic E-state index is 5.44. The second kappa shape index (κ2) is 6.16. The van der Waals surface area contributed by atoms with Crippen LogP contribution in [0.1, 0.15) is 26.1 Å². The van der Waals surface area contributed by atoms with Gasteiger partial charge in [0, 0.05) is 25.2 Å². The van der Waals surface area contributed by atoms with Gasteiger partial charge in [-0.3, -0.25) is 4.90 Å². The molecule has 0 aliphatic carbocycles. The summed E-state index contributed by atoms with van der Waals surface area (Å²) in [6, 6.07) is 2.54. The van der Waals surface area contributed by atoms with E-state index >= 15 is 0 Å². The van der Waals surface area contributed by atoms with Crippen molar-refractivity contribution in [2.24, 2.45) is 5.84 Å². The van der Waals surface area contributed by atoms with Crippen molar-refractivity contribution in [1.29, 1.82) is 0 Å². The van der Waals surface area contributed by atoms with Crippen LogP contribution < -0.4 is 16.2 Å². The largest absolute Gasteiger partial charge is 0.355 e. The van der Waals surface area contributed by atoms with Crippen LogP contribution in [0.25, 0.3) is 0 Å². The van der Waals surface area contributed by atoms with E-state index in [9.17, 15) is 0 Å². The van der Waals surface area contributed by atoms with Gasteiger partial charge in [0.2, 0.25) is 0 Å². The average Bonchev–Trinajstić information content (AvgIpc) is 2.89. The van der Waals surface area contributed by atoms with Crippen molar-refractivity contribution in [1.82, 2.24) is 14.9 Å². The number of nitrogens with one attached hydrogen (secondary N) is 1. The lowest BCUT2D eigenvalue weighted by Crippen LogP contribution is -2.37. The summed E-state index contributed by atoms with van der Waals surface area (Å²) in [4.78, 5) is 13.6. The zero-order valence-electron chi connectivity index (χ0n) is 12.1. The Hall–Kier alpha value is -1.40. The van der Waals surface area contributed by atoms with Gasteiger partial charge in [0.15, 0.2) is 0 Å². The van der Waals surface area contributed by atoms with Crippen molar-refractivity contribution >= 4 is 11.6 Å². The van der Waals surface area contributed by atoms with Gasteiger partial charge in [-0.25, -0.2) is 15.8 Å². The van der Waals surface area contributed by atoms with Crippen LogP contribution in [0.15, 0.2) is 6.07 Å². The quantitative estimate of drug-likeness (QED) is 0.610. The predicted molar refractivity (Wildman–Crippen MR) is 78.1 cm³/mol. The molecule has 19 heavy (non-hydrogen) atoms. The first-order valence-corrected chi connectivity index (χ1v) is 6.99.